The highest BCUT2D eigenvalue weighted by molar-refractivity contribution is 5.86. The van der Waals surface area contributed by atoms with Gasteiger partial charge < -0.3 is 9.47 Å². The standard InChI is InChI=1S/C25H30N6O/c1-19(2)31-16-23(28-18-31)22-15-29(14-21-5-3-4-9-27-21)17-25(22)8-12-30(24(25)32)13-20-6-10-26-11-7-20/h3-7,9-11,16,18-19,22H,8,12-15,17H2,1-2H3/t22-,25+/m0/s1. The van der Waals surface area contributed by atoms with Gasteiger partial charge in [-0.15, -0.1) is 0 Å². The smallest absolute Gasteiger partial charge is 0.231 e. The lowest BCUT2D eigenvalue weighted by Crippen LogP contribution is -2.39. The molecule has 2 atom stereocenters. The van der Waals surface area contributed by atoms with E-state index in [-0.39, 0.29) is 11.8 Å². The van der Waals surface area contributed by atoms with Gasteiger partial charge in [0.1, 0.15) is 0 Å². The van der Waals surface area contributed by atoms with Crippen LogP contribution in [0.5, 0.6) is 0 Å². The average molecular weight is 431 g/mol. The van der Waals surface area contributed by atoms with Gasteiger partial charge in [-0.2, -0.15) is 0 Å². The SMILES string of the molecule is CC(C)n1cnc([C@@H]2CN(Cc3ccccn3)C[C@]23CCN(Cc2ccncc2)C3=O)c1. The molecule has 32 heavy (non-hydrogen) atoms. The maximum absolute atomic E-state index is 13.9. The molecule has 0 aliphatic carbocycles. The van der Waals surface area contributed by atoms with E-state index in [1.165, 1.54) is 0 Å². The third-order valence-electron chi connectivity index (χ3n) is 6.96. The van der Waals surface area contributed by atoms with Gasteiger partial charge in [0.25, 0.3) is 0 Å². The number of hydrogen-bond acceptors (Lipinski definition) is 5. The fourth-order valence-electron chi connectivity index (χ4n) is 5.23. The second-order valence-electron chi connectivity index (χ2n) is 9.37. The molecule has 166 valence electrons. The van der Waals surface area contributed by atoms with Gasteiger partial charge in [0.05, 0.1) is 23.1 Å². The van der Waals surface area contributed by atoms with E-state index in [1.54, 1.807) is 12.4 Å². The van der Waals surface area contributed by atoms with Crippen molar-refractivity contribution in [1.82, 2.24) is 29.3 Å². The Labute approximate surface area is 189 Å². The van der Waals surface area contributed by atoms with Crippen LogP contribution in [0.15, 0.2) is 61.4 Å². The van der Waals surface area contributed by atoms with E-state index >= 15 is 0 Å². The Hall–Kier alpha value is -3.06. The minimum atomic E-state index is -0.433. The van der Waals surface area contributed by atoms with Crippen molar-refractivity contribution >= 4 is 5.91 Å². The Kier molecular flexibility index (Phi) is 5.51. The molecule has 2 aliphatic heterocycles. The van der Waals surface area contributed by atoms with Crippen molar-refractivity contribution in [2.45, 2.75) is 45.3 Å². The van der Waals surface area contributed by atoms with Crippen molar-refractivity contribution in [2.75, 3.05) is 19.6 Å². The predicted octanol–water partition coefficient (Wildman–Crippen LogP) is 3.27. The highest BCUT2D eigenvalue weighted by atomic mass is 16.2. The lowest BCUT2D eigenvalue weighted by molar-refractivity contribution is -0.136. The van der Waals surface area contributed by atoms with Gasteiger partial charge >= 0.3 is 0 Å². The van der Waals surface area contributed by atoms with Gasteiger partial charge in [-0.3, -0.25) is 19.7 Å². The monoisotopic (exact) mass is 430 g/mol. The topological polar surface area (TPSA) is 67.2 Å². The third kappa shape index (κ3) is 3.81. The molecule has 0 N–H and O–H groups in total. The summed E-state index contributed by atoms with van der Waals surface area (Å²) in [6, 6.07) is 10.3. The number of carbonyl (C=O) groups excluding carboxylic acids is 1. The van der Waals surface area contributed by atoms with Gasteiger partial charge in [0, 0.05) is 69.5 Å². The molecule has 5 rings (SSSR count). The molecule has 7 heteroatoms. The van der Waals surface area contributed by atoms with Crippen molar-refractivity contribution in [3.05, 3.63) is 78.4 Å². The van der Waals surface area contributed by atoms with E-state index in [9.17, 15) is 4.79 Å². The third-order valence-corrected chi connectivity index (χ3v) is 6.96. The summed E-state index contributed by atoms with van der Waals surface area (Å²) in [6.07, 6.45) is 10.3. The number of carbonyl (C=O) groups is 1. The van der Waals surface area contributed by atoms with E-state index < -0.39 is 5.41 Å². The summed E-state index contributed by atoms with van der Waals surface area (Å²) in [5, 5.41) is 0. The summed E-state index contributed by atoms with van der Waals surface area (Å²) in [6.45, 7) is 8.04. The summed E-state index contributed by atoms with van der Waals surface area (Å²) < 4.78 is 2.14. The van der Waals surface area contributed by atoms with Gasteiger partial charge in [0.15, 0.2) is 0 Å². The van der Waals surface area contributed by atoms with Crippen LogP contribution in [-0.2, 0) is 17.9 Å². The summed E-state index contributed by atoms with van der Waals surface area (Å²) >= 11 is 0. The van der Waals surface area contributed by atoms with Crippen LogP contribution in [0.2, 0.25) is 0 Å². The molecule has 2 fully saturated rings. The van der Waals surface area contributed by atoms with Crippen LogP contribution >= 0.6 is 0 Å². The zero-order valence-corrected chi connectivity index (χ0v) is 18.8. The molecule has 5 heterocycles. The number of imidazole rings is 1. The van der Waals surface area contributed by atoms with Crippen molar-refractivity contribution in [3.63, 3.8) is 0 Å². The summed E-state index contributed by atoms with van der Waals surface area (Å²) in [5.74, 6) is 0.336. The molecule has 0 aromatic carbocycles. The van der Waals surface area contributed by atoms with Crippen molar-refractivity contribution in [3.8, 4) is 0 Å². The quantitative estimate of drug-likeness (QED) is 0.600. The number of rotatable bonds is 6. The van der Waals surface area contributed by atoms with E-state index in [2.05, 4.69) is 45.5 Å². The molecule has 0 radical (unpaired) electrons. The number of likely N-dealkylation sites (tertiary alicyclic amines) is 2. The Morgan fingerprint density at radius 2 is 1.94 bits per heavy atom. The van der Waals surface area contributed by atoms with Crippen LogP contribution in [-0.4, -0.2) is 54.9 Å². The zero-order chi connectivity index (χ0) is 22.1. The summed E-state index contributed by atoms with van der Waals surface area (Å²) in [7, 11) is 0. The predicted molar refractivity (Wildman–Crippen MR) is 122 cm³/mol. The minimum Gasteiger partial charge on any atom is -0.338 e. The van der Waals surface area contributed by atoms with Gasteiger partial charge in [-0.1, -0.05) is 6.07 Å². The second kappa shape index (κ2) is 8.47. The maximum atomic E-state index is 13.9. The van der Waals surface area contributed by atoms with Crippen LogP contribution in [0.1, 0.15) is 49.2 Å². The Morgan fingerprint density at radius 1 is 1.09 bits per heavy atom. The van der Waals surface area contributed by atoms with Crippen molar-refractivity contribution < 1.29 is 4.79 Å². The normalized spacial score (nSPS) is 23.7. The lowest BCUT2D eigenvalue weighted by atomic mass is 9.75. The van der Waals surface area contributed by atoms with Crippen molar-refractivity contribution in [1.29, 1.82) is 0 Å². The Bertz CT molecular complexity index is 1070. The van der Waals surface area contributed by atoms with Gasteiger partial charge in [-0.05, 0) is 50.1 Å². The number of hydrogen-bond donors (Lipinski definition) is 0. The molecular formula is C25H30N6O. The largest absolute Gasteiger partial charge is 0.338 e. The Morgan fingerprint density at radius 3 is 2.66 bits per heavy atom. The molecule has 1 amide bonds. The number of nitrogens with zero attached hydrogens (tertiary/aromatic N) is 6. The molecule has 0 unspecified atom stereocenters. The zero-order valence-electron chi connectivity index (χ0n) is 18.8. The fourth-order valence-corrected chi connectivity index (χ4v) is 5.23. The number of pyridine rings is 2. The van der Waals surface area contributed by atoms with E-state index in [1.807, 2.05) is 41.7 Å². The van der Waals surface area contributed by atoms with Crippen molar-refractivity contribution in [2.24, 2.45) is 5.41 Å². The summed E-state index contributed by atoms with van der Waals surface area (Å²) in [5.41, 5.74) is 2.75. The highest BCUT2D eigenvalue weighted by Crippen LogP contribution is 2.50. The molecule has 0 saturated carbocycles. The van der Waals surface area contributed by atoms with E-state index in [0.29, 0.717) is 12.6 Å². The van der Waals surface area contributed by atoms with Crippen LogP contribution in [0.25, 0.3) is 0 Å². The molecule has 3 aromatic heterocycles. The van der Waals surface area contributed by atoms with Crippen LogP contribution in [0, 0.1) is 5.41 Å². The number of aromatic nitrogens is 4. The molecule has 3 aromatic rings. The molecule has 0 bridgehead atoms. The first-order valence-corrected chi connectivity index (χ1v) is 11.4. The first-order chi connectivity index (χ1) is 15.5. The van der Waals surface area contributed by atoms with Gasteiger partial charge in [0.2, 0.25) is 5.91 Å². The minimum absolute atomic E-state index is 0.0844. The van der Waals surface area contributed by atoms with E-state index in [0.717, 1.165) is 49.6 Å². The average Bonchev–Trinajstić information content (AvgIpc) is 3.50. The second-order valence-corrected chi connectivity index (χ2v) is 9.37. The number of amides is 1. The first-order valence-electron chi connectivity index (χ1n) is 11.4. The molecular weight excluding hydrogens is 400 g/mol. The molecule has 2 aliphatic rings. The van der Waals surface area contributed by atoms with E-state index in [4.69, 9.17) is 4.98 Å². The first kappa shape index (κ1) is 20.8. The fraction of sp³-hybridized carbons (Fsp3) is 0.440. The molecule has 2 saturated heterocycles. The van der Waals surface area contributed by atoms with Crippen LogP contribution in [0.4, 0.5) is 0 Å². The lowest BCUT2D eigenvalue weighted by Gasteiger charge is -2.28. The van der Waals surface area contributed by atoms with Crippen LogP contribution in [0.3, 0.4) is 0 Å². The highest BCUT2D eigenvalue weighted by Gasteiger charge is 2.57. The Balaban J connectivity index is 1.43. The maximum Gasteiger partial charge on any atom is 0.231 e. The van der Waals surface area contributed by atoms with Crippen LogP contribution < -0.4 is 0 Å². The molecule has 1 spiro atoms. The summed E-state index contributed by atoms with van der Waals surface area (Å²) in [4.78, 5) is 31.7. The van der Waals surface area contributed by atoms with Gasteiger partial charge in [-0.25, -0.2) is 4.98 Å². The molecule has 7 nitrogen and oxygen atoms in total.